The number of rotatable bonds is 4. The first-order valence-electron chi connectivity index (χ1n) is 8.33. The average molecular weight is 366 g/mol. The first-order chi connectivity index (χ1) is 11.7. The summed E-state index contributed by atoms with van der Waals surface area (Å²) in [6.45, 7) is 7.42. The van der Waals surface area contributed by atoms with Gasteiger partial charge in [-0.05, 0) is 36.1 Å². The van der Waals surface area contributed by atoms with Gasteiger partial charge in [0, 0.05) is 46.7 Å². The molecule has 1 fully saturated rings. The number of hydrogen-bond acceptors (Lipinski definition) is 4. The Kier molecular flexibility index (Phi) is 6.35. The lowest BCUT2D eigenvalue weighted by Gasteiger charge is -2.31. The van der Waals surface area contributed by atoms with Gasteiger partial charge in [0.1, 0.15) is 0 Å². The van der Waals surface area contributed by atoms with E-state index < -0.39 is 22.6 Å². The fourth-order valence-electron chi connectivity index (χ4n) is 3.02. The van der Waals surface area contributed by atoms with Crippen LogP contribution in [0, 0.1) is 11.3 Å². The highest BCUT2D eigenvalue weighted by atomic mass is 32.2. The third-order valence-corrected chi connectivity index (χ3v) is 5.18. The van der Waals surface area contributed by atoms with Gasteiger partial charge in [-0.2, -0.15) is 0 Å². The molecule has 25 heavy (non-hydrogen) atoms. The third kappa shape index (κ3) is 5.37. The van der Waals surface area contributed by atoms with Crippen LogP contribution in [0.5, 0.6) is 0 Å². The van der Waals surface area contributed by atoms with E-state index in [1.54, 1.807) is 30.5 Å². The van der Waals surface area contributed by atoms with Gasteiger partial charge in [0.2, 0.25) is 0 Å². The minimum absolute atomic E-state index is 0.00470. The average Bonchev–Trinajstić information content (AvgIpc) is 3.01. The maximum atomic E-state index is 12.0. The minimum Gasteiger partial charge on any atom is -0.377 e. The van der Waals surface area contributed by atoms with Crippen molar-refractivity contribution in [1.29, 1.82) is 0 Å². The SMILES string of the molecule is C[S@@](=O)c1ccc(NC(=O)C(=O)NC[C@H]2CCO[C@@H]2C(C)(C)C)cc1. The lowest BCUT2D eigenvalue weighted by Crippen LogP contribution is -2.42. The van der Waals surface area contributed by atoms with E-state index in [4.69, 9.17) is 4.74 Å². The van der Waals surface area contributed by atoms with Gasteiger partial charge in [-0.1, -0.05) is 20.8 Å². The van der Waals surface area contributed by atoms with Crippen LogP contribution in [-0.2, 0) is 25.1 Å². The molecule has 2 N–H and O–H groups in total. The Morgan fingerprint density at radius 3 is 2.40 bits per heavy atom. The molecule has 1 heterocycles. The van der Waals surface area contributed by atoms with Crippen LogP contribution in [0.1, 0.15) is 27.2 Å². The molecule has 7 heteroatoms. The molecule has 1 aromatic carbocycles. The number of nitrogens with one attached hydrogen (secondary N) is 2. The zero-order valence-corrected chi connectivity index (χ0v) is 15.9. The molecule has 3 atom stereocenters. The summed E-state index contributed by atoms with van der Waals surface area (Å²) in [5, 5.41) is 5.24. The van der Waals surface area contributed by atoms with E-state index in [1.807, 2.05) is 0 Å². The molecular formula is C18H26N2O4S. The van der Waals surface area contributed by atoms with Gasteiger partial charge >= 0.3 is 11.8 Å². The molecule has 1 aliphatic heterocycles. The molecule has 0 aromatic heterocycles. The van der Waals surface area contributed by atoms with Crippen molar-refractivity contribution >= 4 is 28.3 Å². The van der Waals surface area contributed by atoms with Gasteiger partial charge in [-0.15, -0.1) is 0 Å². The van der Waals surface area contributed by atoms with E-state index in [0.717, 1.165) is 6.42 Å². The van der Waals surface area contributed by atoms with Gasteiger partial charge < -0.3 is 15.4 Å². The Morgan fingerprint density at radius 2 is 1.84 bits per heavy atom. The second kappa shape index (κ2) is 8.10. The standard InChI is InChI=1S/C18H26N2O4S/c1-18(2,3)15-12(9-10-24-15)11-19-16(21)17(22)20-13-5-7-14(8-6-13)25(4)23/h5-8,12,15H,9-11H2,1-4H3,(H,19,21)(H,20,22)/t12-,15+,25-/m1/s1. The van der Waals surface area contributed by atoms with Crippen LogP contribution in [-0.4, -0.2) is 41.5 Å². The minimum atomic E-state index is -1.08. The number of carbonyl (C=O) groups excluding carboxylic acids is 2. The molecule has 0 unspecified atom stereocenters. The Balaban J connectivity index is 1.86. The van der Waals surface area contributed by atoms with Crippen molar-refractivity contribution < 1.29 is 18.5 Å². The van der Waals surface area contributed by atoms with E-state index in [1.165, 1.54) is 0 Å². The normalized spacial score (nSPS) is 21.6. The highest BCUT2D eigenvalue weighted by molar-refractivity contribution is 7.84. The number of hydrogen-bond donors (Lipinski definition) is 2. The van der Waals surface area contributed by atoms with Crippen molar-refractivity contribution in [1.82, 2.24) is 5.32 Å². The topological polar surface area (TPSA) is 84.5 Å². The number of ether oxygens (including phenoxy) is 1. The molecule has 138 valence electrons. The summed E-state index contributed by atoms with van der Waals surface area (Å²) in [5.41, 5.74) is 0.487. The lowest BCUT2D eigenvalue weighted by molar-refractivity contribution is -0.136. The predicted octanol–water partition coefficient (Wildman–Crippen LogP) is 1.93. The monoisotopic (exact) mass is 366 g/mol. The van der Waals surface area contributed by atoms with Crippen LogP contribution in [0.15, 0.2) is 29.2 Å². The summed E-state index contributed by atoms with van der Waals surface area (Å²) in [7, 11) is -1.08. The largest absolute Gasteiger partial charge is 0.377 e. The zero-order chi connectivity index (χ0) is 18.6. The van der Waals surface area contributed by atoms with E-state index >= 15 is 0 Å². The highest BCUT2D eigenvalue weighted by Crippen LogP contribution is 2.34. The lowest BCUT2D eigenvalue weighted by atomic mass is 9.81. The molecule has 0 radical (unpaired) electrons. The molecule has 0 saturated carbocycles. The smallest absolute Gasteiger partial charge is 0.313 e. The molecule has 1 aliphatic rings. The van der Waals surface area contributed by atoms with Crippen molar-refractivity contribution in [3.05, 3.63) is 24.3 Å². The molecule has 0 bridgehead atoms. The van der Waals surface area contributed by atoms with Crippen LogP contribution in [0.25, 0.3) is 0 Å². The van der Waals surface area contributed by atoms with Crippen LogP contribution in [0.4, 0.5) is 5.69 Å². The molecular weight excluding hydrogens is 340 g/mol. The van der Waals surface area contributed by atoms with Crippen molar-refractivity contribution in [3.63, 3.8) is 0 Å². The molecule has 1 saturated heterocycles. The van der Waals surface area contributed by atoms with Crippen molar-refractivity contribution in [2.45, 2.75) is 38.2 Å². The summed E-state index contributed by atoms with van der Waals surface area (Å²) < 4.78 is 17.1. The summed E-state index contributed by atoms with van der Waals surface area (Å²) in [6, 6.07) is 6.57. The van der Waals surface area contributed by atoms with Gasteiger partial charge in [0.25, 0.3) is 0 Å². The van der Waals surface area contributed by atoms with E-state index in [0.29, 0.717) is 23.7 Å². The molecule has 2 amide bonds. The summed E-state index contributed by atoms with van der Waals surface area (Å²) in [5.74, 6) is -1.17. The summed E-state index contributed by atoms with van der Waals surface area (Å²) in [4.78, 5) is 24.7. The second-order valence-electron chi connectivity index (χ2n) is 7.35. The maximum Gasteiger partial charge on any atom is 0.313 e. The summed E-state index contributed by atoms with van der Waals surface area (Å²) >= 11 is 0. The molecule has 0 aliphatic carbocycles. The highest BCUT2D eigenvalue weighted by Gasteiger charge is 2.37. The maximum absolute atomic E-state index is 12.0. The van der Waals surface area contributed by atoms with Gasteiger partial charge in [0.15, 0.2) is 0 Å². The van der Waals surface area contributed by atoms with Gasteiger partial charge in [0.05, 0.1) is 6.10 Å². The Labute approximate surface area is 151 Å². The quantitative estimate of drug-likeness (QED) is 0.798. The molecule has 6 nitrogen and oxygen atoms in total. The number of benzene rings is 1. The van der Waals surface area contributed by atoms with Crippen LogP contribution >= 0.6 is 0 Å². The van der Waals surface area contributed by atoms with Crippen LogP contribution < -0.4 is 10.6 Å². The van der Waals surface area contributed by atoms with E-state index in [-0.39, 0.29) is 17.4 Å². The number of amides is 2. The first kappa shape index (κ1) is 19.6. The van der Waals surface area contributed by atoms with Crippen molar-refractivity contribution in [3.8, 4) is 0 Å². The Hall–Kier alpha value is -1.73. The van der Waals surface area contributed by atoms with Crippen molar-refractivity contribution in [2.24, 2.45) is 11.3 Å². The van der Waals surface area contributed by atoms with Crippen LogP contribution in [0.2, 0.25) is 0 Å². The van der Waals surface area contributed by atoms with Gasteiger partial charge in [-0.3, -0.25) is 13.8 Å². The molecule has 2 rings (SSSR count). The fraction of sp³-hybridized carbons (Fsp3) is 0.556. The van der Waals surface area contributed by atoms with Crippen LogP contribution in [0.3, 0.4) is 0 Å². The fourth-order valence-corrected chi connectivity index (χ4v) is 3.54. The Bertz CT molecular complexity index is 652. The summed E-state index contributed by atoms with van der Waals surface area (Å²) in [6.07, 6.45) is 2.52. The first-order valence-corrected chi connectivity index (χ1v) is 9.88. The van der Waals surface area contributed by atoms with E-state index in [9.17, 15) is 13.8 Å². The van der Waals surface area contributed by atoms with Gasteiger partial charge in [-0.25, -0.2) is 0 Å². The number of anilines is 1. The Morgan fingerprint density at radius 1 is 1.20 bits per heavy atom. The van der Waals surface area contributed by atoms with Crippen molar-refractivity contribution in [2.75, 3.05) is 24.7 Å². The molecule has 1 aromatic rings. The second-order valence-corrected chi connectivity index (χ2v) is 8.73. The van der Waals surface area contributed by atoms with E-state index in [2.05, 4.69) is 31.4 Å². The number of carbonyl (C=O) groups is 2. The predicted molar refractivity (Wildman–Crippen MR) is 97.7 cm³/mol. The zero-order valence-electron chi connectivity index (χ0n) is 15.1. The third-order valence-electron chi connectivity index (χ3n) is 4.24. The molecule has 0 spiro atoms.